The number of aromatic hydroxyl groups is 1. The van der Waals surface area contributed by atoms with E-state index in [2.05, 4.69) is 15.3 Å². The molecule has 0 bridgehead atoms. The predicted octanol–water partition coefficient (Wildman–Crippen LogP) is 3.88. The largest absolute Gasteiger partial charge is 0.508 e. The normalized spacial score (nSPS) is 11.1. The Labute approximate surface area is 127 Å². The van der Waals surface area contributed by atoms with E-state index in [0.717, 1.165) is 5.69 Å². The molecule has 0 amide bonds. The maximum absolute atomic E-state index is 9.25. The number of aryl methyl sites for hydroxylation is 1. The molecule has 0 radical (unpaired) electrons. The van der Waals surface area contributed by atoms with Gasteiger partial charge < -0.3 is 10.8 Å². The summed E-state index contributed by atoms with van der Waals surface area (Å²) in [6.07, 6.45) is 0. The Balaban J connectivity index is 1.95. The average molecular weight is 293 g/mol. The van der Waals surface area contributed by atoms with E-state index in [1.165, 1.54) is 0 Å². The lowest BCUT2D eigenvalue weighted by Gasteiger charge is -2.02. The average Bonchev–Trinajstić information content (AvgIpc) is 2.82. The molecule has 1 aromatic heterocycles. The number of para-hydroxylation sites is 1. The Morgan fingerprint density at radius 1 is 1.00 bits per heavy atom. The third kappa shape index (κ3) is 2.67. The molecule has 3 rings (SSSR count). The number of hydrogen-bond donors (Lipinski definition) is 2. The van der Waals surface area contributed by atoms with Crippen molar-refractivity contribution >= 4 is 17.2 Å². The first-order chi connectivity index (χ1) is 10.6. The molecule has 0 spiro atoms. The Kier molecular flexibility index (Phi) is 3.57. The van der Waals surface area contributed by atoms with Gasteiger partial charge in [0.25, 0.3) is 0 Å². The number of nitrogens with zero attached hydrogens (tertiary/aromatic N) is 4. The zero-order valence-corrected chi connectivity index (χ0v) is 12.0. The molecule has 0 unspecified atom stereocenters. The van der Waals surface area contributed by atoms with Crippen LogP contribution < -0.4 is 5.73 Å². The van der Waals surface area contributed by atoms with E-state index in [1.807, 2.05) is 37.3 Å². The maximum Gasteiger partial charge on any atom is 0.155 e. The van der Waals surface area contributed by atoms with Gasteiger partial charge in [0.15, 0.2) is 11.5 Å². The smallest absolute Gasteiger partial charge is 0.155 e. The van der Waals surface area contributed by atoms with Crippen molar-refractivity contribution in [3.63, 3.8) is 0 Å². The minimum atomic E-state index is 0.187. The number of hydrogen-bond acceptors (Lipinski definition) is 5. The van der Waals surface area contributed by atoms with Crippen molar-refractivity contribution in [1.82, 2.24) is 9.78 Å². The Morgan fingerprint density at radius 3 is 2.36 bits per heavy atom. The monoisotopic (exact) mass is 293 g/mol. The molecular weight excluding hydrogens is 278 g/mol. The van der Waals surface area contributed by atoms with Gasteiger partial charge in [-0.2, -0.15) is 10.2 Å². The first-order valence-corrected chi connectivity index (χ1v) is 6.76. The predicted molar refractivity (Wildman–Crippen MR) is 85.0 cm³/mol. The number of benzene rings is 2. The lowest BCUT2D eigenvalue weighted by Crippen LogP contribution is -2.01. The molecule has 3 N–H and O–H groups in total. The minimum Gasteiger partial charge on any atom is -0.508 e. The Bertz CT molecular complexity index is 807. The summed E-state index contributed by atoms with van der Waals surface area (Å²) in [6, 6.07) is 16.1. The van der Waals surface area contributed by atoms with Crippen LogP contribution in [0.15, 0.2) is 64.8 Å². The van der Waals surface area contributed by atoms with E-state index in [-0.39, 0.29) is 5.75 Å². The number of anilines is 1. The fourth-order valence-corrected chi connectivity index (χ4v) is 2.05. The van der Waals surface area contributed by atoms with Crippen molar-refractivity contribution in [2.75, 3.05) is 5.73 Å². The lowest BCUT2D eigenvalue weighted by atomic mass is 10.3. The van der Waals surface area contributed by atoms with Crippen LogP contribution in [0.2, 0.25) is 0 Å². The first-order valence-electron chi connectivity index (χ1n) is 6.76. The Hall–Kier alpha value is -3.15. The van der Waals surface area contributed by atoms with E-state index < -0.39 is 0 Å². The van der Waals surface area contributed by atoms with E-state index in [9.17, 15) is 5.11 Å². The van der Waals surface area contributed by atoms with Crippen LogP contribution in [0.1, 0.15) is 5.69 Å². The summed E-state index contributed by atoms with van der Waals surface area (Å²) in [7, 11) is 0. The molecule has 0 aliphatic carbocycles. The fraction of sp³-hybridized carbons (Fsp3) is 0.0625. The summed E-state index contributed by atoms with van der Waals surface area (Å²) in [5, 5.41) is 22.0. The summed E-state index contributed by atoms with van der Waals surface area (Å²) in [6.45, 7) is 1.83. The topological polar surface area (TPSA) is 88.8 Å². The molecule has 0 saturated carbocycles. The van der Waals surface area contributed by atoms with Crippen LogP contribution >= 0.6 is 0 Å². The number of phenols is 1. The highest BCUT2D eigenvalue weighted by atomic mass is 16.3. The van der Waals surface area contributed by atoms with E-state index >= 15 is 0 Å². The number of nitrogen functional groups attached to an aromatic ring is 1. The summed E-state index contributed by atoms with van der Waals surface area (Å²) in [5.41, 5.74) is 8.87. The zero-order chi connectivity index (χ0) is 15.5. The van der Waals surface area contributed by atoms with Crippen LogP contribution in [0.3, 0.4) is 0 Å². The Morgan fingerprint density at radius 2 is 1.68 bits per heavy atom. The quantitative estimate of drug-likeness (QED) is 0.718. The summed E-state index contributed by atoms with van der Waals surface area (Å²) < 4.78 is 1.64. The molecule has 22 heavy (non-hydrogen) atoms. The molecule has 0 atom stereocenters. The van der Waals surface area contributed by atoms with E-state index in [1.54, 1.807) is 28.9 Å². The van der Waals surface area contributed by atoms with Crippen molar-refractivity contribution in [2.45, 2.75) is 6.92 Å². The second-order valence-corrected chi connectivity index (χ2v) is 4.78. The minimum absolute atomic E-state index is 0.187. The van der Waals surface area contributed by atoms with Gasteiger partial charge in [-0.05, 0) is 43.3 Å². The third-order valence-electron chi connectivity index (χ3n) is 3.18. The lowest BCUT2D eigenvalue weighted by molar-refractivity contribution is 0.475. The van der Waals surface area contributed by atoms with E-state index in [4.69, 9.17) is 5.73 Å². The van der Waals surface area contributed by atoms with Crippen molar-refractivity contribution in [2.24, 2.45) is 10.2 Å². The summed E-state index contributed by atoms with van der Waals surface area (Å²) in [5.74, 6) is 0.623. The van der Waals surface area contributed by atoms with Gasteiger partial charge >= 0.3 is 0 Å². The molecule has 1 heterocycles. The van der Waals surface area contributed by atoms with Gasteiger partial charge in [0.05, 0.1) is 17.1 Å². The van der Waals surface area contributed by atoms with Crippen molar-refractivity contribution in [3.8, 4) is 11.4 Å². The van der Waals surface area contributed by atoms with E-state index in [0.29, 0.717) is 22.9 Å². The fourth-order valence-electron chi connectivity index (χ4n) is 2.05. The van der Waals surface area contributed by atoms with Crippen molar-refractivity contribution < 1.29 is 5.11 Å². The number of aromatic nitrogens is 2. The van der Waals surface area contributed by atoms with Gasteiger partial charge in [-0.1, -0.05) is 18.2 Å². The molecule has 6 nitrogen and oxygen atoms in total. The van der Waals surface area contributed by atoms with Crippen LogP contribution in [0.25, 0.3) is 5.69 Å². The summed E-state index contributed by atoms with van der Waals surface area (Å²) in [4.78, 5) is 0. The van der Waals surface area contributed by atoms with Crippen LogP contribution in [0, 0.1) is 6.92 Å². The molecule has 2 aromatic carbocycles. The number of phenolic OH excluding ortho intramolecular Hbond substituents is 1. The first kappa shape index (κ1) is 13.8. The van der Waals surface area contributed by atoms with Crippen LogP contribution in [0.5, 0.6) is 5.75 Å². The zero-order valence-electron chi connectivity index (χ0n) is 12.0. The van der Waals surface area contributed by atoms with Gasteiger partial charge in [-0.25, -0.2) is 4.68 Å². The van der Waals surface area contributed by atoms with Gasteiger partial charge in [0.2, 0.25) is 0 Å². The second-order valence-electron chi connectivity index (χ2n) is 4.78. The van der Waals surface area contributed by atoms with Crippen molar-refractivity contribution in [1.29, 1.82) is 0 Å². The molecule has 0 aliphatic rings. The molecule has 0 aliphatic heterocycles. The van der Waals surface area contributed by atoms with Gasteiger partial charge in [0.1, 0.15) is 5.75 Å². The number of azo groups is 1. The van der Waals surface area contributed by atoms with Crippen molar-refractivity contribution in [3.05, 3.63) is 60.3 Å². The number of rotatable bonds is 3. The summed E-state index contributed by atoms with van der Waals surface area (Å²) >= 11 is 0. The SMILES string of the molecule is Cc1nn(-c2ccccc2)c(N)c1N=Nc1ccc(O)cc1. The van der Waals surface area contributed by atoms with Crippen LogP contribution in [-0.2, 0) is 0 Å². The standard InChI is InChI=1S/C16H15N5O/c1-11-15(19-18-12-7-9-14(22)10-8-12)16(17)21(20-11)13-5-3-2-4-6-13/h2-10,22H,17H2,1H3. The molecule has 6 heteroatoms. The third-order valence-corrected chi connectivity index (χ3v) is 3.18. The van der Waals surface area contributed by atoms with Gasteiger partial charge in [0, 0.05) is 0 Å². The maximum atomic E-state index is 9.25. The highest BCUT2D eigenvalue weighted by Gasteiger charge is 2.13. The van der Waals surface area contributed by atoms with Crippen LogP contribution in [-0.4, -0.2) is 14.9 Å². The number of nitrogens with two attached hydrogens (primary N) is 1. The second kappa shape index (κ2) is 5.69. The van der Waals surface area contributed by atoms with Gasteiger partial charge in [-0.3, -0.25) is 0 Å². The molecule has 110 valence electrons. The van der Waals surface area contributed by atoms with Crippen LogP contribution in [0.4, 0.5) is 17.2 Å². The molecule has 0 fully saturated rings. The highest BCUT2D eigenvalue weighted by molar-refractivity contribution is 5.64. The molecular formula is C16H15N5O. The van der Waals surface area contributed by atoms with Gasteiger partial charge in [-0.15, -0.1) is 5.11 Å². The molecule has 3 aromatic rings. The molecule has 0 saturated heterocycles. The highest BCUT2D eigenvalue weighted by Crippen LogP contribution is 2.30.